The first-order chi connectivity index (χ1) is 17.3. The molecule has 1 saturated heterocycles. The van der Waals surface area contributed by atoms with Crippen molar-refractivity contribution in [2.45, 2.75) is 118 Å². The molecule has 6 nitrogen and oxygen atoms in total. The summed E-state index contributed by atoms with van der Waals surface area (Å²) in [5, 5.41) is 5.71. The van der Waals surface area contributed by atoms with Gasteiger partial charge in [-0.3, -0.25) is 0 Å². The Morgan fingerprint density at radius 2 is 1.81 bits per heavy atom. The number of unbranched alkanes of at least 4 members (excludes halogenated alkanes) is 1. The Kier molecular flexibility index (Phi) is 9.89. The summed E-state index contributed by atoms with van der Waals surface area (Å²) < 4.78 is 18.3. The van der Waals surface area contributed by atoms with Crippen LogP contribution >= 0.6 is 0 Å². The summed E-state index contributed by atoms with van der Waals surface area (Å²) in [6.07, 6.45) is 7.04. The number of hydrogen-bond donors (Lipinski definition) is 0. The van der Waals surface area contributed by atoms with Gasteiger partial charge in [-0.1, -0.05) is 45.3 Å². The zero-order valence-electron chi connectivity index (χ0n) is 24.7. The van der Waals surface area contributed by atoms with Crippen LogP contribution in [0, 0.1) is 11.3 Å². The van der Waals surface area contributed by atoms with Crippen LogP contribution in [0.15, 0.2) is 16.7 Å². The quantitative estimate of drug-likeness (QED) is 0.307. The lowest BCUT2D eigenvalue weighted by molar-refractivity contribution is 0.0181. The second-order valence-corrected chi connectivity index (χ2v) is 15.0. The highest BCUT2D eigenvalue weighted by molar-refractivity contribution is 6.48. The van der Waals surface area contributed by atoms with E-state index < -0.39 is 14.6 Å². The van der Waals surface area contributed by atoms with E-state index in [1.54, 1.807) is 0 Å². The van der Waals surface area contributed by atoms with Gasteiger partial charge in [0.05, 0.1) is 11.8 Å². The van der Waals surface area contributed by atoms with Crippen molar-refractivity contribution in [1.82, 2.24) is 10.1 Å². The van der Waals surface area contributed by atoms with Gasteiger partial charge in [0.25, 0.3) is 0 Å². The zero-order valence-corrected chi connectivity index (χ0v) is 25.7. The average Bonchev–Trinajstić information content (AvgIpc) is 3.21. The van der Waals surface area contributed by atoms with Crippen molar-refractivity contribution in [3.05, 3.63) is 29.0 Å². The summed E-state index contributed by atoms with van der Waals surface area (Å²) in [6, 6.07) is 4.50. The molecular formula is C30H49N2O4Si. The lowest BCUT2D eigenvalue weighted by Gasteiger charge is -2.34. The predicted molar refractivity (Wildman–Crippen MR) is 152 cm³/mol. The van der Waals surface area contributed by atoms with Crippen molar-refractivity contribution in [1.29, 1.82) is 0 Å². The molecule has 0 N–H and O–H groups in total. The largest absolute Gasteiger partial charge is 0.444 e. The Hall–Kier alpha value is -1.86. The van der Waals surface area contributed by atoms with Crippen molar-refractivity contribution in [3.63, 3.8) is 0 Å². The summed E-state index contributed by atoms with van der Waals surface area (Å²) in [7, 11) is -0.904. The van der Waals surface area contributed by atoms with Crippen molar-refractivity contribution < 1.29 is 18.5 Å². The Morgan fingerprint density at radius 1 is 1.14 bits per heavy atom. The van der Waals surface area contributed by atoms with Gasteiger partial charge in [0.15, 0.2) is 5.58 Å². The number of likely N-dealkylation sites (tertiary alicyclic amines) is 1. The molecule has 1 aromatic carbocycles. The van der Waals surface area contributed by atoms with E-state index in [2.05, 4.69) is 58.1 Å². The molecule has 207 valence electrons. The number of carbonyl (C=O) groups is 1. The summed E-state index contributed by atoms with van der Waals surface area (Å²) in [5.74, 6) is 0.574. The number of hydrogen-bond acceptors (Lipinski definition) is 5. The number of aromatic nitrogens is 1. The zero-order chi connectivity index (χ0) is 27.4. The first kappa shape index (κ1) is 29.7. The molecule has 1 amide bonds. The van der Waals surface area contributed by atoms with Crippen LogP contribution in [0.3, 0.4) is 0 Å². The molecule has 0 aliphatic carbocycles. The van der Waals surface area contributed by atoms with Gasteiger partial charge < -0.3 is 18.6 Å². The summed E-state index contributed by atoms with van der Waals surface area (Å²) in [6.45, 7) is 20.7. The highest BCUT2D eigenvalue weighted by atomic mass is 28.3. The molecule has 1 aliphatic heterocycles. The maximum absolute atomic E-state index is 12.4. The number of ether oxygens (including phenoxy) is 1. The summed E-state index contributed by atoms with van der Waals surface area (Å²) in [5.41, 5.74) is 3.98. The van der Waals surface area contributed by atoms with Crippen LogP contribution in [0.1, 0.15) is 103 Å². The van der Waals surface area contributed by atoms with E-state index in [4.69, 9.17) is 13.7 Å². The van der Waals surface area contributed by atoms with Gasteiger partial charge in [0.1, 0.15) is 5.60 Å². The molecule has 1 atom stereocenters. The van der Waals surface area contributed by atoms with E-state index in [0.717, 1.165) is 74.7 Å². The van der Waals surface area contributed by atoms with Gasteiger partial charge in [-0.2, -0.15) is 0 Å². The van der Waals surface area contributed by atoms with Crippen LogP contribution in [0.4, 0.5) is 4.79 Å². The minimum absolute atomic E-state index is 0.0232. The second-order valence-electron chi connectivity index (χ2n) is 13.0. The van der Waals surface area contributed by atoms with E-state index in [1.807, 2.05) is 25.7 Å². The average molecular weight is 530 g/mol. The van der Waals surface area contributed by atoms with Crippen LogP contribution in [0.2, 0.25) is 13.1 Å². The van der Waals surface area contributed by atoms with Crippen LogP contribution in [-0.2, 0) is 22.0 Å². The lowest BCUT2D eigenvalue weighted by Crippen LogP contribution is -2.41. The smallest absolute Gasteiger partial charge is 0.410 e. The van der Waals surface area contributed by atoms with Gasteiger partial charge in [0.2, 0.25) is 9.04 Å². The first-order valence-electron chi connectivity index (χ1n) is 14.1. The number of benzene rings is 1. The molecule has 0 spiro atoms. The number of carbonyl (C=O) groups excluding carboxylic acids is 1. The predicted octanol–water partition coefficient (Wildman–Crippen LogP) is 8.11. The van der Waals surface area contributed by atoms with E-state index in [-0.39, 0.29) is 17.6 Å². The van der Waals surface area contributed by atoms with E-state index in [1.165, 1.54) is 11.1 Å². The highest BCUT2D eigenvalue weighted by Crippen LogP contribution is 2.43. The van der Waals surface area contributed by atoms with Crippen molar-refractivity contribution >= 4 is 26.1 Å². The van der Waals surface area contributed by atoms with Crippen molar-refractivity contribution in [2.75, 3.05) is 13.1 Å². The topological polar surface area (TPSA) is 64.8 Å². The standard InChI is InChI=1S/C30H49N2O4Si/c1-10-11-12-22-14-15-23-24(31-35-26(23)25(22)27(29(2,3)4)36-37(8)9)16-13-21-17-19-32(20-18-21)28(33)34-30(5,6)7/h14-15,21,27H,10-13,16-20H2,1-9H3. The summed E-state index contributed by atoms with van der Waals surface area (Å²) in [4.78, 5) is 14.3. The van der Waals surface area contributed by atoms with Crippen LogP contribution < -0.4 is 0 Å². The Balaban J connectivity index is 1.77. The minimum atomic E-state index is -0.904. The SMILES string of the molecule is CCCCc1ccc2c(CCC3CCN(C(=O)OC(C)(C)C)CC3)noc2c1C(O[Si](C)C)C(C)(C)C. The third-order valence-electron chi connectivity index (χ3n) is 7.10. The molecule has 1 fully saturated rings. The number of rotatable bonds is 9. The fourth-order valence-corrected chi connectivity index (χ4v) is 6.09. The molecule has 0 saturated carbocycles. The van der Waals surface area contributed by atoms with Gasteiger partial charge >= 0.3 is 6.09 Å². The van der Waals surface area contributed by atoms with Crippen molar-refractivity contribution in [2.24, 2.45) is 11.3 Å². The third kappa shape index (κ3) is 8.06. The van der Waals surface area contributed by atoms with E-state index in [0.29, 0.717) is 5.92 Å². The van der Waals surface area contributed by atoms with E-state index >= 15 is 0 Å². The number of piperidine rings is 1. The molecular weight excluding hydrogens is 480 g/mol. The Bertz CT molecular complexity index is 1030. The third-order valence-corrected chi connectivity index (χ3v) is 7.81. The molecule has 1 radical (unpaired) electrons. The molecule has 37 heavy (non-hydrogen) atoms. The molecule has 1 aromatic heterocycles. The van der Waals surface area contributed by atoms with Gasteiger partial charge in [-0.05, 0) is 95.4 Å². The first-order valence-corrected chi connectivity index (χ1v) is 16.6. The van der Waals surface area contributed by atoms with Gasteiger partial charge in [-0.25, -0.2) is 4.79 Å². The number of aryl methyl sites for hydroxylation is 2. The fraction of sp³-hybridized carbons (Fsp3) is 0.733. The van der Waals surface area contributed by atoms with Gasteiger partial charge in [-0.15, -0.1) is 0 Å². The second kappa shape index (κ2) is 12.3. The highest BCUT2D eigenvalue weighted by Gasteiger charge is 2.33. The molecule has 2 aromatic rings. The molecule has 7 heteroatoms. The monoisotopic (exact) mass is 529 g/mol. The van der Waals surface area contributed by atoms with Crippen LogP contribution in [0.25, 0.3) is 11.0 Å². The molecule has 1 aliphatic rings. The van der Waals surface area contributed by atoms with Crippen molar-refractivity contribution in [3.8, 4) is 0 Å². The number of fused-ring (bicyclic) bond motifs is 1. The van der Waals surface area contributed by atoms with Crippen LogP contribution in [-0.4, -0.2) is 43.9 Å². The molecule has 3 rings (SSSR count). The maximum atomic E-state index is 12.4. The molecule has 2 heterocycles. The Labute approximate surface area is 226 Å². The van der Waals surface area contributed by atoms with Crippen LogP contribution in [0.5, 0.6) is 0 Å². The van der Waals surface area contributed by atoms with E-state index in [9.17, 15) is 4.79 Å². The Morgan fingerprint density at radius 3 is 2.38 bits per heavy atom. The molecule has 0 bridgehead atoms. The van der Waals surface area contributed by atoms with Gasteiger partial charge in [0, 0.05) is 24.0 Å². The number of nitrogens with zero attached hydrogens (tertiary/aromatic N) is 2. The lowest BCUT2D eigenvalue weighted by atomic mass is 9.81. The summed E-state index contributed by atoms with van der Waals surface area (Å²) >= 11 is 0. The maximum Gasteiger partial charge on any atom is 0.410 e. The normalized spacial score (nSPS) is 16.5. The molecule has 1 unspecified atom stereocenters. The minimum Gasteiger partial charge on any atom is -0.444 e. The number of amides is 1. The fourth-order valence-electron chi connectivity index (χ4n) is 5.14.